The molecule has 1 heterocycles. The maximum absolute atomic E-state index is 5.56. The number of fused-ring (bicyclic) bond motifs is 1. The van der Waals surface area contributed by atoms with Crippen molar-refractivity contribution in [2.45, 2.75) is 65.7 Å². The molecule has 2 heteroatoms. The highest BCUT2D eigenvalue weighted by atomic mass is 16.5. The largest absolute Gasteiger partial charge is 0.361 e. The molecule has 1 aromatic heterocycles. The zero-order valence-corrected chi connectivity index (χ0v) is 11.6. The van der Waals surface area contributed by atoms with Crippen LogP contribution in [0.15, 0.2) is 4.52 Å². The van der Waals surface area contributed by atoms with Crippen LogP contribution in [0.1, 0.15) is 69.9 Å². The number of aryl methyl sites for hydroxylation is 1. The van der Waals surface area contributed by atoms with Gasteiger partial charge in [-0.2, -0.15) is 0 Å². The lowest BCUT2D eigenvalue weighted by Gasteiger charge is -2.22. The van der Waals surface area contributed by atoms with E-state index >= 15 is 0 Å². The van der Waals surface area contributed by atoms with E-state index in [-0.39, 0.29) is 0 Å². The highest BCUT2D eigenvalue weighted by Crippen LogP contribution is 2.31. The van der Waals surface area contributed by atoms with E-state index < -0.39 is 0 Å². The fourth-order valence-electron chi connectivity index (χ4n) is 2.94. The van der Waals surface area contributed by atoms with Gasteiger partial charge in [0.25, 0.3) is 0 Å². The lowest BCUT2D eigenvalue weighted by molar-refractivity contribution is 0.300. The van der Waals surface area contributed by atoms with E-state index in [2.05, 4.69) is 32.9 Å². The molecule has 1 aliphatic rings. The molecule has 17 heavy (non-hydrogen) atoms. The molecule has 1 aromatic rings. The fourth-order valence-corrected chi connectivity index (χ4v) is 2.94. The number of hydrogen-bond acceptors (Lipinski definition) is 2. The Kier molecular flexibility index (Phi) is 3.90. The molecule has 2 nitrogen and oxygen atoms in total. The van der Waals surface area contributed by atoms with Gasteiger partial charge >= 0.3 is 0 Å². The predicted octanol–water partition coefficient (Wildman–Crippen LogP) is 4.34. The molecule has 0 N–H and O–H groups in total. The second-order valence-corrected chi connectivity index (χ2v) is 6.06. The molecule has 0 saturated heterocycles. The summed E-state index contributed by atoms with van der Waals surface area (Å²) in [7, 11) is 0. The number of hydrogen-bond donors (Lipinski definition) is 0. The van der Waals surface area contributed by atoms with Crippen LogP contribution in [0.3, 0.4) is 0 Å². The van der Waals surface area contributed by atoms with Crippen LogP contribution in [-0.4, -0.2) is 5.16 Å². The summed E-state index contributed by atoms with van der Waals surface area (Å²) in [5.74, 6) is 3.31. The smallest absolute Gasteiger partial charge is 0.140 e. The topological polar surface area (TPSA) is 26.0 Å². The van der Waals surface area contributed by atoms with Crippen molar-refractivity contribution in [3.05, 3.63) is 17.0 Å². The number of aromatic nitrogens is 1. The maximum Gasteiger partial charge on any atom is 0.140 e. The third-order valence-corrected chi connectivity index (χ3v) is 4.13. The normalized spacial score (nSPS) is 21.4. The summed E-state index contributed by atoms with van der Waals surface area (Å²) in [4.78, 5) is 0. The Morgan fingerprint density at radius 2 is 1.88 bits per heavy atom. The molecule has 0 aliphatic heterocycles. The molecule has 0 fully saturated rings. The van der Waals surface area contributed by atoms with E-state index in [9.17, 15) is 0 Å². The van der Waals surface area contributed by atoms with Crippen molar-refractivity contribution in [3.8, 4) is 0 Å². The second kappa shape index (κ2) is 5.24. The van der Waals surface area contributed by atoms with E-state index in [1.54, 1.807) is 0 Å². The third kappa shape index (κ3) is 2.72. The minimum atomic E-state index is 0.489. The zero-order chi connectivity index (χ0) is 12.4. The third-order valence-electron chi connectivity index (χ3n) is 4.13. The summed E-state index contributed by atoms with van der Waals surface area (Å²) in [6.07, 6.45) is 6.15. The Labute approximate surface area is 105 Å². The first-order valence-electron chi connectivity index (χ1n) is 7.07. The molecule has 1 atom stereocenters. The Morgan fingerprint density at radius 1 is 1.12 bits per heavy atom. The van der Waals surface area contributed by atoms with Crippen LogP contribution in [0.4, 0.5) is 0 Å². The molecule has 0 aromatic carbocycles. The molecular weight excluding hydrogens is 210 g/mol. The summed E-state index contributed by atoms with van der Waals surface area (Å²) >= 11 is 0. The first-order valence-corrected chi connectivity index (χ1v) is 7.07. The van der Waals surface area contributed by atoms with Crippen LogP contribution in [0.5, 0.6) is 0 Å². The number of nitrogens with zero attached hydrogens (tertiary/aromatic N) is 1. The average Bonchev–Trinajstić information content (AvgIpc) is 2.59. The van der Waals surface area contributed by atoms with Gasteiger partial charge < -0.3 is 4.52 Å². The Bertz CT molecular complexity index is 365. The molecule has 1 unspecified atom stereocenters. The van der Waals surface area contributed by atoms with Gasteiger partial charge in [0.1, 0.15) is 5.76 Å². The lowest BCUT2D eigenvalue weighted by Crippen LogP contribution is -2.13. The van der Waals surface area contributed by atoms with Gasteiger partial charge in [0, 0.05) is 12.0 Å². The monoisotopic (exact) mass is 235 g/mol. The Morgan fingerprint density at radius 3 is 2.53 bits per heavy atom. The summed E-state index contributed by atoms with van der Waals surface area (Å²) in [5, 5.41) is 4.28. The van der Waals surface area contributed by atoms with E-state index in [1.807, 2.05) is 0 Å². The minimum Gasteiger partial charge on any atom is -0.361 e. The first kappa shape index (κ1) is 12.7. The van der Waals surface area contributed by atoms with Crippen molar-refractivity contribution in [3.63, 3.8) is 0 Å². The zero-order valence-electron chi connectivity index (χ0n) is 11.6. The summed E-state index contributed by atoms with van der Waals surface area (Å²) in [6, 6.07) is 0. The van der Waals surface area contributed by atoms with Crippen LogP contribution >= 0.6 is 0 Å². The summed E-state index contributed by atoms with van der Waals surface area (Å²) in [5.41, 5.74) is 2.62. The van der Waals surface area contributed by atoms with Gasteiger partial charge in [0.15, 0.2) is 0 Å². The van der Waals surface area contributed by atoms with Crippen LogP contribution in [0.25, 0.3) is 0 Å². The van der Waals surface area contributed by atoms with Crippen molar-refractivity contribution in [2.75, 3.05) is 0 Å². The van der Waals surface area contributed by atoms with Crippen molar-refractivity contribution >= 4 is 0 Å². The maximum atomic E-state index is 5.56. The quantitative estimate of drug-likeness (QED) is 0.762. The second-order valence-electron chi connectivity index (χ2n) is 6.06. The summed E-state index contributed by atoms with van der Waals surface area (Å²) < 4.78 is 5.56. The van der Waals surface area contributed by atoms with E-state index in [1.165, 1.54) is 36.3 Å². The highest BCUT2D eigenvalue weighted by molar-refractivity contribution is 5.26. The average molecular weight is 235 g/mol. The van der Waals surface area contributed by atoms with E-state index in [0.717, 1.165) is 24.7 Å². The molecule has 0 amide bonds. The summed E-state index contributed by atoms with van der Waals surface area (Å²) in [6.45, 7) is 9.09. The van der Waals surface area contributed by atoms with E-state index in [0.29, 0.717) is 5.92 Å². The van der Waals surface area contributed by atoms with Crippen molar-refractivity contribution in [1.29, 1.82) is 0 Å². The first-order chi connectivity index (χ1) is 8.09. The van der Waals surface area contributed by atoms with Crippen LogP contribution in [0, 0.1) is 11.8 Å². The van der Waals surface area contributed by atoms with Gasteiger partial charge in [-0.05, 0) is 43.4 Å². The molecule has 0 saturated carbocycles. The Balaban J connectivity index is 2.16. The van der Waals surface area contributed by atoms with Crippen molar-refractivity contribution in [1.82, 2.24) is 5.16 Å². The lowest BCUT2D eigenvalue weighted by atomic mass is 9.82. The standard InChI is InChI=1S/C15H25NO/c1-10(2)12-6-5-7-13-14(9-8-12)17-16-15(13)11(3)4/h10-12H,5-9H2,1-4H3. The molecule has 0 spiro atoms. The van der Waals surface area contributed by atoms with Gasteiger partial charge in [-0.25, -0.2) is 0 Å². The van der Waals surface area contributed by atoms with Crippen LogP contribution in [0.2, 0.25) is 0 Å². The molecule has 0 radical (unpaired) electrons. The SMILES string of the molecule is CC(C)c1noc2c1CCCC(C(C)C)CC2. The van der Waals surface area contributed by atoms with Gasteiger partial charge in [0.2, 0.25) is 0 Å². The van der Waals surface area contributed by atoms with Crippen molar-refractivity contribution < 1.29 is 4.52 Å². The van der Waals surface area contributed by atoms with Gasteiger partial charge in [-0.3, -0.25) is 0 Å². The van der Waals surface area contributed by atoms with Gasteiger partial charge in [-0.1, -0.05) is 32.9 Å². The van der Waals surface area contributed by atoms with Gasteiger partial charge in [0.05, 0.1) is 5.69 Å². The molecular formula is C15H25NO. The number of rotatable bonds is 2. The predicted molar refractivity (Wildman–Crippen MR) is 70.2 cm³/mol. The highest BCUT2D eigenvalue weighted by Gasteiger charge is 2.23. The fraction of sp³-hybridized carbons (Fsp3) is 0.800. The van der Waals surface area contributed by atoms with Gasteiger partial charge in [-0.15, -0.1) is 0 Å². The molecule has 2 rings (SSSR count). The van der Waals surface area contributed by atoms with E-state index in [4.69, 9.17) is 4.52 Å². The molecule has 0 bridgehead atoms. The van der Waals surface area contributed by atoms with Crippen LogP contribution < -0.4 is 0 Å². The molecule has 96 valence electrons. The minimum absolute atomic E-state index is 0.489. The van der Waals surface area contributed by atoms with Crippen LogP contribution in [-0.2, 0) is 12.8 Å². The van der Waals surface area contributed by atoms with Crippen molar-refractivity contribution in [2.24, 2.45) is 11.8 Å². The molecule has 1 aliphatic carbocycles. The Hall–Kier alpha value is -0.790.